The van der Waals surface area contributed by atoms with Crippen molar-refractivity contribution in [2.24, 2.45) is 0 Å². The summed E-state index contributed by atoms with van der Waals surface area (Å²) in [4.78, 5) is 36.9. The molecule has 0 spiro atoms. The van der Waals surface area contributed by atoms with Gasteiger partial charge in [-0.15, -0.1) is 0 Å². The van der Waals surface area contributed by atoms with Crippen LogP contribution in [0.25, 0.3) is 0 Å². The van der Waals surface area contributed by atoms with Gasteiger partial charge in [0.05, 0.1) is 22.4 Å². The number of rotatable bonds is 2. The van der Waals surface area contributed by atoms with E-state index >= 15 is 0 Å². The van der Waals surface area contributed by atoms with Crippen LogP contribution < -0.4 is 4.90 Å². The highest BCUT2D eigenvalue weighted by atomic mass is 16.4. The van der Waals surface area contributed by atoms with E-state index in [-0.39, 0.29) is 22.4 Å². The molecular formula is C16H11NO5. The van der Waals surface area contributed by atoms with Gasteiger partial charge in [-0.3, -0.25) is 9.59 Å². The molecule has 22 heavy (non-hydrogen) atoms. The fourth-order valence-corrected chi connectivity index (χ4v) is 2.48. The molecule has 110 valence electrons. The Morgan fingerprint density at radius 2 is 1.68 bits per heavy atom. The molecular weight excluding hydrogens is 286 g/mol. The van der Waals surface area contributed by atoms with Gasteiger partial charge in [0.25, 0.3) is 11.8 Å². The monoisotopic (exact) mass is 297 g/mol. The van der Waals surface area contributed by atoms with Crippen LogP contribution in [0.3, 0.4) is 0 Å². The van der Waals surface area contributed by atoms with Crippen LogP contribution in [0.5, 0.6) is 5.75 Å². The Morgan fingerprint density at radius 3 is 2.32 bits per heavy atom. The highest BCUT2D eigenvalue weighted by Gasteiger charge is 2.37. The topological polar surface area (TPSA) is 94.9 Å². The Kier molecular flexibility index (Phi) is 2.95. The summed E-state index contributed by atoms with van der Waals surface area (Å²) in [6.45, 7) is 1.67. The summed E-state index contributed by atoms with van der Waals surface area (Å²) in [5.41, 5.74) is 1.11. The first-order chi connectivity index (χ1) is 10.4. The lowest BCUT2D eigenvalue weighted by molar-refractivity contribution is 0.0696. The lowest BCUT2D eigenvalue weighted by Gasteiger charge is -2.16. The number of nitrogens with zero attached hydrogens (tertiary/aromatic N) is 1. The summed E-state index contributed by atoms with van der Waals surface area (Å²) in [7, 11) is 0. The largest absolute Gasteiger partial charge is 0.508 e. The predicted octanol–water partition coefficient (Wildman–Crippen LogP) is 2.20. The average Bonchev–Trinajstić information content (AvgIpc) is 2.71. The summed E-state index contributed by atoms with van der Waals surface area (Å²) in [6.07, 6.45) is 0. The minimum absolute atomic E-state index is 0.0334. The minimum Gasteiger partial charge on any atom is -0.508 e. The molecule has 0 bridgehead atoms. The number of phenols is 1. The number of anilines is 1. The zero-order chi connectivity index (χ0) is 16.0. The van der Waals surface area contributed by atoms with Crippen LogP contribution in [0.2, 0.25) is 0 Å². The van der Waals surface area contributed by atoms with Crippen LogP contribution in [0.4, 0.5) is 5.69 Å². The van der Waals surface area contributed by atoms with Gasteiger partial charge in [0.2, 0.25) is 0 Å². The molecule has 2 amide bonds. The number of carbonyl (C=O) groups excluding carboxylic acids is 2. The SMILES string of the molecule is Cc1cc(O)ccc1N1C(=O)c2ccc(C(=O)O)cc2C1=O. The Hall–Kier alpha value is -3.15. The third-order valence-corrected chi connectivity index (χ3v) is 3.55. The molecule has 0 saturated heterocycles. The number of hydrogen-bond acceptors (Lipinski definition) is 4. The van der Waals surface area contributed by atoms with E-state index in [9.17, 15) is 19.5 Å². The Balaban J connectivity index is 2.12. The van der Waals surface area contributed by atoms with E-state index < -0.39 is 17.8 Å². The van der Waals surface area contributed by atoms with Crippen LogP contribution in [-0.4, -0.2) is 28.0 Å². The van der Waals surface area contributed by atoms with Gasteiger partial charge in [-0.25, -0.2) is 9.69 Å². The van der Waals surface area contributed by atoms with Crippen molar-refractivity contribution in [1.29, 1.82) is 0 Å². The number of carboxylic acid groups (broad SMARTS) is 1. The molecule has 0 radical (unpaired) electrons. The van der Waals surface area contributed by atoms with Gasteiger partial charge in [0, 0.05) is 0 Å². The molecule has 0 unspecified atom stereocenters. The van der Waals surface area contributed by atoms with Gasteiger partial charge >= 0.3 is 5.97 Å². The van der Waals surface area contributed by atoms with E-state index in [1.165, 1.54) is 36.4 Å². The quantitative estimate of drug-likeness (QED) is 0.829. The van der Waals surface area contributed by atoms with E-state index in [4.69, 9.17) is 5.11 Å². The van der Waals surface area contributed by atoms with E-state index in [0.29, 0.717) is 11.3 Å². The lowest BCUT2D eigenvalue weighted by atomic mass is 10.1. The van der Waals surface area contributed by atoms with Gasteiger partial charge in [0.1, 0.15) is 5.75 Å². The summed E-state index contributed by atoms with van der Waals surface area (Å²) in [5.74, 6) is -2.21. The maximum absolute atomic E-state index is 12.5. The van der Waals surface area contributed by atoms with Crippen molar-refractivity contribution in [3.63, 3.8) is 0 Å². The van der Waals surface area contributed by atoms with Crippen molar-refractivity contribution in [2.75, 3.05) is 4.90 Å². The van der Waals surface area contributed by atoms with Gasteiger partial charge in [-0.1, -0.05) is 0 Å². The third-order valence-electron chi connectivity index (χ3n) is 3.55. The number of benzene rings is 2. The number of hydrogen-bond donors (Lipinski definition) is 2. The number of aryl methyl sites for hydroxylation is 1. The van der Waals surface area contributed by atoms with Gasteiger partial charge in [0.15, 0.2) is 0 Å². The normalized spacial score (nSPS) is 13.4. The van der Waals surface area contributed by atoms with E-state index in [1.807, 2.05) is 0 Å². The van der Waals surface area contributed by atoms with Gasteiger partial charge < -0.3 is 10.2 Å². The highest BCUT2D eigenvalue weighted by molar-refractivity contribution is 6.34. The molecule has 1 aliphatic heterocycles. The minimum atomic E-state index is -1.16. The second kappa shape index (κ2) is 4.70. The number of amides is 2. The second-order valence-electron chi connectivity index (χ2n) is 4.98. The van der Waals surface area contributed by atoms with Crippen molar-refractivity contribution >= 4 is 23.5 Å². The number of carbonyl (C=O) groups is 3. The summed E-state index contributed by atoms with van der Waals surface area (Å²) in [5, 5.41) is 18.4. The van der Waals surface area contributed by atoms with Crippen LogP contribution in [-0.2, 0) is 0 Å². The van der Waals surface area contributed by atoms with Crippen molar-refractivity contribution in [2.45, 2.75) is 6.92 Å². The maximum atomic E-state index is 12.5. The molecule has 2 aromatic carbocycles. The smallest absolute Gasteiger partial charge is 0.335 e. The van der Waals surface area contributed by atoms with Crippen molar-refractivity contribution < 1.29 is 24.6 Å². The van der Waals surface area contributed by atoms with Gasteiger partial charge in [-0.05, 0) is 48.9 Å². The van der Waals surface area contributed by atoms with Crippen molar-refractivity contribution in [1.82, 2.24) is 0 Å². The summed E-state index contributed by atoms with van der Waals surface area (Å²) in [6, 6.07) is 8.14. The Bertz CT molecular complexity index is 840. The number of phenolic OH excluding ortho intramolecular Hbond substituents is 1. The molecule has 0 aromatic heterocycles. The van der Waals surface area contributed by atoms with Crippen LogP contribution in [0.1, 0.15) is 36.6 Å². The molecule has 3 rings (SSSR count). The van der Waals surface area contributed by atoms with Crippen molar-refractivity contribution in [3.05, 3.63) is 58.7 Å². The fourth-order valence-electron chi connectivity index (χ4n) is 2.48. The van der Waals surface area contributed by atoms with Crippen LogP contribution in [0, 0.1) is 6.92 Å². The van der Waals surface area contributed by atoms with Crippen LogP contribution in [0.15, 0.2) is 36.4 Å². The zero-order valence-corrected chi connectivity index (χ0v) is 11.5. The fraction of sp³-hybridized carbons (Fsp3) is 0.0625. The standard InChI is InChI=1S/C16H11NO5/c1-8-6-10(18)3-5-13(8)17-14(19)11-4-2-9(16(21)22)7-12(11)15(17)20/h2-7,18H,1H3,(H,21,22). The molecule has 0 atom stereocenters. The van der Waals surface area contributed by atoms with E-state index in [2.05, 4.69) is 0 Å². The number of aromatic carboxylic acids is 1. The molecule has 0 aliphatic carbocycles. The molecule has 1 aliphatic rings. The molecule has 2 N–H and O–H groups in total. The van der Waals surface area contributed by atoms with Gasteiger partial charge in [-0.2, -0.15) is 0 Å². The lowest BCUT2D eigenvalue weighted by Crippen LogP contribution is -2.29. The molecule has 2 aromatic rings. The van der Waals surface area contributed by atoms with Crippen LogP contribution >= 0.6 is 0 Å². The van der Waals surface area contributed by atoms with Crippen molar-refractivity contribution in [3.8, 4) is 5.75 Å². The second-order valence-corrected chi connectivity index (χ2v) is 4.98. The molecule has 0 saturated carbocycles. The first-order valence-corrected chi connectivity index (χ1v) is 6.46. The number of imide groups is 1. The Labute approximate surface area is 125 Å². The summed E-state index contributed by atoms with van der Waals surface area (Å²) >= 11 is 0. The molecule has 6 nitrogen and oxygen atoms in total. The van der Waals surface area contributed by atoms with E-state index in [1.54, 1.807) is 6.92 Å². The number of aromatic hydroxyl groups is 1. The van der Waals surface area contributed by atoms with E-state index in [0.717, 1.165) is 4.90 Å². The maximum Gasteiger partial charge on any atom is 0.335 e. The zero-order valence-electron chi connectivity index (χ0n) is 11.5. The first kappa shape index (κ1) is 13.8. The first-order valence-electron chi connectivity index (χ1n) is 6.46. The number of carboxylic acids is 1. The highest BCUT2D eigenvalue weighted by Crippen LogP contribution is 2.32. The molecule has 1 heterocycles. The molecule has 0 fully saturated rings. The Morgan fingerprint density at radius 1 is 1.00 bits per heavy atom. The number of fused-ring (bicyclic) bond motifs is 1. The summed E-state index contributed by atoms with van der Waals surface area (Å²) < 4.78 is 0. The average molecular weight is 297 g/mol. The molecule has 6 heteroatoms. The third kappa shape index (κ3) is 1.93. The predicted molar refractivity (Wildman–Crippen MR) is 77.4 cm³/mol.